The molecule has 0 spiro atoms. The Kier molecular flexibility index (Phi) is 6.69. The van der Waals surface area contributed by atoms with Crippen LogP contribution in [0, 0.1) is 13.8 Å². The molecule has 0 aliphatic rings. The fraction of sp³-hybridized carbons (Fsp3) is 0.222. The van der Waals surface area contributed by atoms with E-state index in [0.717, 1.165) is 43.3 Å². The maximum absolute atomic E-state index is 13.0. The van der Waals surface area contributed by atoms with Crippen LogP contribution in [0.4, 0.5) is 5.69 Å². The molecular formula is C27H28N2O5S. The quantitative estimate of drug-likeness (QED) is 0.371. The van der Waals surface area contributed by atoms with Gasteiger partial charge in [0.05, 0.1) is 12.8 Å². The first-order valence-corrected chi connectivity index (χ1v) is 12.5. The standard InChI is InChI=1S/C27H28N2O5S/c1-17-12-24-18(2)25(14-19-8-6-10-21(13-19)28-35(31,32)29(3)4)27(30)34-26(24)16-23(17)20-9-7-11-22(15-20)33-5/h6-13,15-16,28H,14H2,1-5H3. The maximum atomic E-state index is 13.0. The third kappa shape index (κ3) is 5.08. The van der Waals surface area contributed by atoms with E-state index < -0.39 is 15.8 Å². The molecule has 0 unspecified atom stereocenters. The smallest absolute Gasteiger partial charge is 0.340 e. The summed E-state index contributed by atoms with van der Waals surface area (Å²) in [6.45, 7) is 3.94. The average molecular weight is 493 g/mol. The van der Waals surface area contributed by atoms with Gasteiger partial charge in [0.1, 0.15) is 11.3 Å². The van der Waals surface area contributed by atoms with E-state index in [1.165, 1.54) is 14.1 Å². The molecule has 1 heterocycles. The highest BCUT2D eigenvalue weighted by Crippen LogP contribution is 2.32. The third-order valence-electron chi connectivity index (χ3n) is 6.05. The molecule has 0 saturated carbocycles. The second-order valence-corrected chi connectivity index (χ2v) is 10.5. The van der Waals surface area contributed by atoms with E-state index in [2.05, 4.69) is 4.72 Å². The number of aryl methyl sites for hydroxylation is 2. The number of rotatable bonds is 7. The zero-order valence-corrected chi connectivity index (χ0v) is 21.2. The summed E-state index contributed by atoms with van der Waals surface area (Å²) in [5.41, 5.74) is 5.71. The van der Waals surface area contributed by atoms with Crippen LogP contribution in [0.1, 0.15) is 22.3 Å². The molecule has 0 bridgehead atoms. The first-order chi connectivity index (χ1) is 16.6. The number of hydrogen-bond donors (Lipinski definition) is 1. The van der Waals surface area contributed by atoms with Gasteiger partial charge in [-0.25, -0.2) is 4.79 Å². The first kappa shape index (κ1) is 24.5. The van der Waals surface area contributed by atoms with Gasteiger partial charge < -0.3 is 9.15 Å². The van der Waals surface area contributed by atoms with Gasteiger partial charge in [-0.2, -0.15) is 12.7 Å². The van der Waals surface area contributed by atoms with Crippen LogP contribution in [-0.4, -0.2) is 33.9 Å². The molecular weight excluding hydrogens is 464 g/mol. The van der Waals surface area contributed by atoms with Crippen LogP contribution in [0.5, 0.6) is 5.75 Å². The molecule has 7 nitrogen and oxygen atoms in total. The van der Waals surface area contributed by atoms with E-state index in [9.17, 15) is 13.2 Å². The number of ether oxygens (including phenoxy) is 1. The Balaban J connectivity index is 1.73. The largest absolute Gasteiger partial charge is 0.497 e. The van der Waals surface area contributed by atoms with Crippen molar-refractivity contribution in [3.8, 4) is 16.9 Å². The van der Waals surface area contributed by atoms with Crippen molar-refractivity contribution < 1.29 is 17.6 Å². The van der Waals surface area contributed by atoms with Crippen molar-refractivity contribution in [2.24, 2.45) is 0 Å². The number of hydrogen-bond acceptors (Lipinski definition) is 5. The number of methoxy groups -OCH3 is 1. The van der Waals surface area contributed by atoms with Crippen LogP contribution in [0.15, 0.2) is 69.9 Å². The monoisotopic (exact) mass is 492 g/mol. The van der Waals surface area contributed by atoms with Gasteiger partial charge in [0.2, 0.25) is 0 Å². The topological polar surface area (TPSA) is 88.8 Å². The van der Waals surface area contributed by atoms with Crippen molar-refractivity contribution in [2.45, 2.75) is 20.3 Å². The summed E-state index contributed by atoms with van der Waals surface area (Å²) >= 11 is 0. The van der Waals surface area contributed by atoms with E-state index in [-0.39, 0.29) is 0 Å². The highest BCUT2D eigenvalue weighted by atomic mass is 32.2. The zero-order valence-electron chi connectivity index (χ0n) is 20.4. The van der Waals surface area contributed by atoms with Crippen molar-refractivity contribution in [1.29, 1.82) is 0 Å². The van der Waals surface area contributed by atoms with E-state index in [1.54, 1.807) is 25.3 Å². The Morgan fingerprint density at radius 1 is 1.00 bits per heavy atom. The minimum atomic E-state index is -3.63. The lowest BCUT2D eigenvalue weighted by molar-refractivity contribution is 0.415. The van der Waals surface area contributed by atoms with E-state index in [1.807, 2.05) is 56.3 Å². The highest BCUT2D eigenvalue weighted by molar-refractivity contribution is 7.90. The number of anilines is 1. The van der Waals surface area contributed by atoms with Gasteiger partial charge in [-0.3, -0.25) is 4.72 Å². The molecule has 0 aliphatic carbocycles. The Morgan fingerprint density at radius 3 is 2.46 bits per heavy atom. The molecule has 0 atom stereocenters. The minimum Gasteiger partial charge on any atom is -0.497 e. The van der Waals surface area contributed by atoms with Gasteiger partial charge in [-0.15, -0.1) is 0 Å². The Morgan fingerprint density at radius 2 is 1.74 bits per heavy atom. The van der Waals surface area contributed by atoms with Crippen LogP contribution in [0.2, 0.25) is 0 Å². The molecule has 0 fully saturated rings. The summed E-state index contributed by atoms with van der Waals surface area (Å²) in [7, 11) is 0.913. The summed E-state index contributed by atoms with van der Waals surface area (Å²) in [5, 5.41) is 0.869. The van der Waals surface area contributed by atoms with Gasteiger partial charge in [-0.1, -0.05) is 24.3 Å². The molecule has 3 aromatic carbocycles. The first-order valence-electron chi connectivity index (χ1n) is 11.1. The highest BCUT2D eigenvalue weighted by Gasteiger charge is 2.16. The Hall–Kier alpha value is -3.62. The molecule has 8 heteroatoms. The molecule has 0 aliphatic heterocycles. The van der Waals surface area contributed by atoms with E-state index >= 15 is 0 Å². The summed E-state index contributed by atoms with van der Waals surface area (Å²) in [5.74, 6) is 0.755. The lowest BCUT2D eigenvalue weighted by Crippen LogP contribution is -2.28. The lowest BCUT2D eigenvalue weighted by Gasteiger charge is -2.15. The summed E-state index contributed by atoms with van der Waals surface area (Å²) < 4.78 is 39.1. The molecule has 182 valence electrons. The van der Waals surface area contributed by atoms with Crippen molar-refractivity contribution in [1.82, 2.24) is 4.31 Å². The summed E-state index contributed by atoms with van der Waals surface area (Å²) in [4.78, 5) is 13.0. The molecule has 0 saturated heterocycles. The molecule has 35 heavy (non-hydrogen) atoms. The predicted octanol–water partition coefficient (Wildman–Crippen LogP) is 4.89. The molecule has 0 radical (unpaired) electrons. The molecule has 4 aromatic rings. The molecule has 0 amide bonds. The second-order valence-electron chi connectivity index (χ2n) is 8.65. The Bertz CT molecular complexity index is 1570. The summed E-state index contributed by atoms with van der Waals surface area (Å²) in [6, 6.07) is 18.7. The number of nitrogens with one attached hydrogen (secondary N) is 1. The lowest BCUT2D eigenvalue weighted by atomic mass is 9.94. The van der Waals surface area contributed by atoms with Crippen LogP contribution in [-0.2, 0) is 16.6 Å². The van der Waals surface area contributed by atoms with Gasteiger partial charge >= 0.3 is 15.8 Å². The van der Waals surface area contributed by atoms with Crippen LogP contribution >= 0.6 is 0 Å². The van der Waals surface area contributed by atoms with Crippen molar-refractivity contribution >= 4 is 26.9 Å². The zero-order chi connectivity index (χ0) is 25.3. The fourth-order valence-corrected chi connectivity index (χ4v) is 4.65. The number of nitrogens with zero attached hydrogens (tertiary/aromatic N) is 1. The second kappa shape index (κ2) is 9.56. The molecule has 1 N–H and O–H groups in total. The van der Waals surface area contributed by atoms with Crippen molar-refractivity contribution in [3.05, 3.63) is 93.3 Å². The fourth-order valence-electron chi connectivity index (χ4n) is 4.04. The summed E-state index contributed by atoms with van der Waals surface area (Å²) in [6.07, 6.45) is 0.318. The normalized spacial score (nSPS) is 11.7. The molecule has 4 rings (SSSR count). The van der Waals surface area contributed by atoms with E-state index in [4.69, 9.17) is 9.15 Å². The minimum absolute atomic E-state index is 0.318. The Labute approximate surface area is 205 Å². The van der Waals surface area contributed by atoms with Gasteiger partial charge in [0, 0.05) is 31.5 Å². The average Bonchev–Trinajstić information content (AvgIpc) is 2.82. The maximum Gasteiger partial charge on any atom is 0.340 e. The predicted molar refractivity (Wildman–Crippen MR) is 139 cm³/mol. The van der Waals surface area contributed by atoms with Crippen LogP contribution in [0.3, 0.4) is 0 Å². The van der Waals surface area contributed by atoms with Crippen LogP contribution < -0.4 is 15.1 Å². The van der Waals surface area contributed by atoms with Gasteiger partial charge in [0.15, 0.2) is 0 Å². The SMILES string of the molecule is COc1cccc(-c2cc3oc(=O)c(Cc4cccc(NS(=O)(=O)N(C)C)c4)c(C)c3cc2C)c1. The third-order valence-corrected chi connectivity index (χ3v) is 7.50. The van der Waals surface area contributed by atoms with E-state index in [0.29, 0.717) is 23.3 Å². The van der Waals surface area contributed by atoms with Crippen molar-refractivity contribution in [3.63, 3.8) is 0 Å². The molecule has 1 aromatic heterocycles. The van der Waals surface area contributed by atoms with Crippen molar-refractivity contribution in [2.75, 3.05) is 25.9 Å². The van der Waals surface area contributed by atoms with Gasteiger partial charge in [-0.05, 0) is 78.1 Å². The number of fused-ring (bicyclic) bond motifs is 1. The number of benzene rings is 3. The van der Waals surface area contributed by atoms with Gasteiger partial charge in [0.25, 0.3) is 0 Å². The van der Waals surface area contributed by atoms with Crippen LogP contribution in [0.25, 0.3) is 22.1 Å².